The number of nitrogens with zero attached hydrogens (tertiary/aromatic N) is 3. The third kappa shape index (κ3) is 2.46. The van der Waals surface area contributed by atoms with Crippen molar-refractivity contribution in [2.24, 2.45) is 0 Å². The number of hydrogen-bond donors (Lipinski definition) is 0. The van der Waals surface area contributed by atoms with E-state index in [0.717, 1.165) is 32.6 Å². The van der Waals surface area contributed by atoms with Crippen LogP contribution < -0.4 is 0 Å². The Hall–Kier alpha value is -1.08. The van der Waals surface area contributed by atoms with Crippen LogP contribution in [0.5, 0.6) is 0 Å². The molecule has 78 valence electrons. The maximum Gasteiger partial charge on any atom is 0.219 e. The molecule has 14 heavy (non-hydrogen) atoms. The number of rotatable bonds is 2. The van der Waals surface area contributed by atoms with Crippen LogP contribution >= 0.6 is 0 Å². The molecule has 1 aliphatic rings. The molecule has 0 bridgehead atoms. The van der Waals surface area contributed by atoms with Gasteiger partial charge < -0.3 is 4.90 Å². The van der Waals surface area contributed by atoms with Crippen LogP contribution in [0.3, 0.4) is 0 Å². The second kappa shape index (κ2) is 4.97. The van der Waals surface area contributed by atoms with Crippen molar-refractivity contribution in [2.45, 2.75) is 26.3 Å². The maximum absolute atomic E-state index is 11.1. The molecular formula is C10H17N3O. The second-order valence-corrected chi connectivity index (χ2v) is 3.60. The molecule has 0 N–H and O–H groups in total. The first-order valence-corrected chi connectivity index (χ1v) is 5.08. The van der Waals surface area contributed by atoms with E-state index in [2.05, 4.69) is 11.0 Å². The van der Waals surface area contributed by atoms with Crippen LogP contribution in [0.4, 0.5) is 0 Å². The van der Waals surface area contributed by atoms with E-state index in [1.54, 1.807) is 6.92 Å². The highest BCUT2D eigenvalue weighted by molar-refractivity contribution is 5.73. The van der Waals surface area contributed by atoms with E-state index in [9.17, 15) is 4.79 Å². The van der Waals surface area contributed by atoms with Gasteiger partial charge in [-0.1, -0.05) is 6.92 Å². The summed E-state index contributed by atoms with van der Waals surface area (Å²) in [5.41, 5.74) is 0. The summed E-state index contributed by atoms with van der Waals surface area (Å²) in [6.45, 7) is 6.78. The zero-order valence-corrected chi connectivity index (χ0v) is 8.86. The highest BCUT2D eigenvalue weighted by Crippen LogP contribution is 2.08. The minimum atomic E-state index is 0.0177. The van der Waals surface area contributed by atoms with Crippen LogP contribution in [0.1, 0.15) is 20.3 Å². The van der Waals surface area contributed by atoms with Crippen LogP contribution in [-0.4, -0.2) is 47.9 Å². The summed E-state index contributed by atoms with van der Waals surface area (Å²) < 4.78 is 0. The Labute approximate surface area is 85.1 Å². The predicted molar refractivity (Wildman–Crippen MR) is 53.5 cm³/mol. The second-order valence-electron chi connectivity index (χ2n) is 3.60. The van der Waals surface area contributed by atoms with Gasteiger partial charge in [0.15, 0.2) is 0 Å². The molecule has 1 aliphatic heterocycles. The fourth-order valence-corrected chi connectivity index (χ4v) is 1.78. The third-order valence-corrected chi connectivity index (χ3v) is 2.74. The lowest BCUT2D eigenvalue weighted by Gasteiger charge is -2.36. The number of piperazine rings is 1. The Morgan fingerprint density at radius 3 is 2.36 bits per heavy atom. The average molecular weight is 195 g/mol. The van der Waals surface area contributed by atoms with E-state index < -0.39 is 0 Å². The number of nitriles is 1. The largest absolute Gasteiger partial charge is 0.340 e. The summed E-state index contributed by atoms with van der Waals surface area (Å²) in [5, 5.41) is 8.88. The Balaban J connectivity index is 2.43. The first-order chi connectivity index (χ1) is 6.69. The van der Waals surface area contributed by atoms with Crippen molar-refractivity contribution in [2.75, 3.05) is 26.2 Å². The lowest BCUT2D eigenvalue weighted by atomic mass is 10.2. The molecule has 0 aromatic heterocycles. The topological polar surface area (TPSA) is 47.3 Å². The SMILES string of the molecule is CCC(C#N)N1CCN(C(C)=O)CC1. The molecule has 1 unspecified atom stereocenters. The van der Waals surface area contributed by atoms with Gasteiger partial charge in [-0.3, -0.25) is 9.69 Å². The van der Waals surface area contributed by atoms with Crippen molar-refractivity contribution >= 4 is 5.91 Å². The van der Waals surface area contributed by atoms with E-state index in [1.165, 1.54) is 0 Å². The fourth-order valence-electron chi connectivity index (χ4n) is 1.78. The predicted octanol–water partition coefficient (Wildman–Crippen LogP) is 0.453. The highest BCUT2D eigenvalue weighted by Gasteiger charge is 2.23. The molecule has 0 aromatic carbocycles. The number of amides is 1. The standard InChI is InChI=1S/C10H17N3O/c1-3-10(8-11)13-6-4-12(5-7-13)9(2)14/h10H,3-7H2,1-2H3. The van der Waals surface area contributed by atoms with Gasteiger partial charge in [-0.25, -0.2) is 0 Å². The van der Waals surface area contributed by atoms with E-state index in [0.29, 0.717) is 0 Å². The molecular weight excluding hydrogens is 178 g/mol. The number of carbonyl (C=O) groups excluding carboxylic acids is 1. The van der Waals surface area contributed by atoms with Gasteiger partial charge in [0.05, 0.1) is 12.1 Å². The lowest BCUT2D eigenvalue weighted by Crippen LogP contribution is -2.51. The van der Waals surface area contributed by atoms with Crippen LogP contribution in [0.25, 0.3) is 0 Å². The zero-order chi connectivity index (χ0) is 10.6. The molecule has 0 saturated carbocycles. The van der Waals surface area contributed by atoms with Crippen LogP contribution in [0.2, 0.25) is 0 Å². The molecule has 4 nitrogen and oxygen atoms in total. The Morgan fingerprint density at radius 2 is 2.00 bits per heavy atom. The van der Waals surface area contributed by atoms with Crippen molar-refractivity contribution < 1.29 is 4.79 Å². The molecule has 1 atom stereocenters. The first kappa shape index (κ1) is 11.0. The summed E-state index contributed by atoms with van der Waals surface area (Å²) in [6, 6.07) is 2.31. The van der Waals surface area contributed by atoms with Crippen molar-refractivity contribution in [3.8, 4) is 6.07 Å². The molecule has 0 spiro atoms. The summed E-state index contributed by atoms with van der Waals surface area (Å²) in [6.07, 6.45) is 0.858. The molecule has 0 aromatic rings. The maximum atomic E-state index is 11.1. The normalized spacial score (nSPS) is 20.2. The van der Waals surface area contributed by atoms with Crippen molar-refractivity contribution in [3.05, 3.63) is 0 Å². The Kier molecular flexibility index (Phi) is 3.90. The van der Waals surface area contributed by atoms with Crippen LogP contribution in [-0.2, 0) is 4.79 Å². The summed E-state index contributed by atoms with van der Waals surface area (Å²) in [4.78, 5) is 15.0. The molecule has 1 heterocycles. The molecule has 1 fully saturated rings. The highest BCUT2D eigenvalue weighted by atomic mass is 16.2. The van der Waals surface area contributed by atoms with E-state index in [1.807, 2.05) is 11.8 Å². The molecule has 0 radical (unpaired) electrons. The van der Waals surface area contributed by atoms with Crippen molar-refractivity contribution in [1.82, 2.24) is 9.80 Å². The molecule has 1 rings (SSSR count). The smallest absolute Gasteiger partial charge is 0.219 e. The molecule has 4 heteroatoms. The zero-order valence-electron chi connectivity index (χ0n) is 8.86. The van der Waals surface area contributed by atoms with Crippen molar-refractivity contribution in [3.63, 3.8) is 0 Å². The average Bonchev–Trinajstić information content (AvgIpc) is 2.20. The Bertz CT molecular complexity index is 238. The fraction of sp³-hybridized carbons (Fsp3) is 0.800. The van der Waals surface area contributed by atoms with E-state index in [4.69, 9.17) is 5.26 Å². The van der Waals surface area contributed by atoms with Gasteiger partial charge in [-0.15, -0.1) is 0 Å². The summed E-state index contributed by atoms with van der Waals surface area (Å²) >= 11 is 0. The van der Waals surface area contributed by atoms with Gasteiger partial charge in [0.25, 0.3) is 0 Å². The van der Waals surface area contributed by atoms with E-state index in [-0.39, 0.29) is 11.9 Å². The summed E-state index contributed by atoms with van der Waals surface area (Å²) in [5.74, 6) is 0.134. The van der Waals surface area contributed by atoms with Gasteiger partial charge in [0.2, 0.25) is 5.91 Å². The molecule has 1 amide bonds. The molecule has 1 saturated heterocycles. The monoisotopic (exact) mass is 195 g/mol. The minimum Gasteiger partial charge on any atom is -0.340 e. The summed E-state index contributed by atoms with van der Waals surface area (Å²) in [7, 11) is 0. The lowest BCUT2D eigenvalue weighted by molar-refractivity contribution is -0.130. The minimum absolute atomic E-state index is 0.0177. The van der Waals surface area contributed by atoms with Gasteiger partial charge in [-0.05, 0) is 6.42 Å². The Morgan fingerprint density at radius 1 is 1.43 bits per heavy atom. The van der Waals surface area contributed by atoms with Gasteiger partial charge in [0.1, 0.15) is 0 Å². The van der Waals surface area contributed by atoms with Crippen molar-refractivity contribution in [1.29, 1.82) is 5.26 Å². The first-order valence-electron chi connectivity index (χ1n) is 5.08. The van der Waals surface area contributed by atoms with Crippen LogP contribution in [0.15, 0.2) is 0 Å². The number of carbonyl (C=O) groups is 1. The van der Waals surface area contributed by atoms with Gasteiger partial charge in [-0.2, -0.15) is 5.26 Å². The third-order valence-electron chi connectivity index (χ3n) is 2.74. The quantitative estimate of drug-likeness (QED) is 0.643. The van der Waals surface area contributed by atoms with Gasteiger partial charge in [0, 0.05) is 33.1 Å². The van der Waals surface area contributed by atoms with Crippen LogP contribution in [0, 0.1) is 11.3 Å². The molecule has 0 aliphatic carbocycles. The van der Waals surface area contributed by atoms with Gasteiger partial charge >= 0.3 is 0 Å². The van der Waals surface area contributed by atoms with E-state index >= 15 is 0 Å². The number of hydrogen-bond acceptors (Lipinski definition) is 3.